The third-order valence-corrected chi connectivity index (χ3v) is 3.10. The lowest BCUT2D eigenvalue weighted by Crippen LogP contribution is -2.27. The predicted molar refractivity (Wildman–Crippen MR) is 79.7 cm³/mol. The molecule has 22 heavy (non-hydrogen) atoms. The number of rotatable bonds is 4. The minimum absolute atomic E-state index is 0.208. The molecule has 7 heteroatoms. The van der Waals surface area contributed by atoms with Gasteiger partial charge in [0, 0.05) is 30.4 Å². The molecule has 0 bridgehead atoms. The third-order valence-electron chi connectivity index (χ3n) is 3.10. The Hall–Kier alpha value is -3.09. The van der Waals surface area contributed by atoms with Crippen LogP contribution in [0.2, 0.25) is 0 Å². The molecule has 0 aliphatic rings. The van der Waals surface area contributed by atoms with Crippen LogP contribution in [0, 0.1) is 0 Å². The number of aromatic amines is 1. The van der Waals surface area contributed by atoms with Crippen LogP contribution in [0.1, 0.15) is 29.1 Å². The van der Waals surface area contributed by atoms with E-state index in [9.17, 15) is 4.79 Å². The van der Waals surface area contributed by atoms with Crippen molar-refractivity contribution in [1.82, 2.24) is 30.5 Å². The van der Waals surface area contributed by atoms with Gasteiger partial charge >= 0.3 is 0 Å². The number of aromatic nitrogens is 5. The number of hydrogen-bond acceptors (Lipinski definition) is 5. The minimum atomic E-state index is -0.300. The van der Waals surface area contributed by atoms with Gasteiger partial charge in [0.15, 0.2) is 5.82 Å². The van der Waals surface area contributed by atoms with E-state index in [1.807, 2.05) is 19.1 Å². The SMILES string of the molecule is CC(NC(=O)c1cccnc1)c1nc(-c2cccnc2)n[nH]1. The van der Waals surface area contributed by atoms with E-state index >= 15 is 0 Å². The number of hydrogen-bond donors (Lipinski definition) is 2. The summed E-state index contributed by atoms with van der Waals surface area (Å²) in [5.74, 6) is 0.918. The molecule has 0 aliphatic carbocycles. The zero-order valence-electron chi connectivity index (χ0n) is 11.9. The fraction of sp³-hybridized carbons (Fsp3) is 0.133. The molecule has 1 amide bonds. The van der Waals surface area contributed by atoms with Gasteiger partial charge in [0.05, 0.1) is 11.6 Å². The molecule has 3 heterocycles. The highest BCUT2D eigenvalue weighted by molar-refractivity contribution is 5.94. The monoisotopic (exact) mass is 294 g/mol. The van der Waals surface area contributed by atoms with Gasteiger partial charge in [-0.2, -0.15) is 5.10 Å². The average Bonchev–Trinajstić information content (AvgIpc) is 3.06. The van der Waals surface area contributed by atoms with Crippen LogP contribution in [0.15, 0.2) is 49.1 Å². The summed E-state index contributed by atoms with van der Waals surface area (Å²) in [5, 5.41) is 9.84. The van der Waals surface area contributed by atoms with Gasteiger partial charge in [-0.25, -0.2) is 4.98 Å². The quantitative estimate of drug-likeness (QED) is 0.764. The summed E-state index contributed by atoms with van der Waals surface area (Å²) in [7, 11) is 0. The molecular weight excluding hydrogens is 280 g/mol. The van der Waals surface area contributed by atoms with Crippen LogP contribution in [0.25, 0.3) is 11.4 Å². The molecule has 0 saturated carbocycles. The van der Waals surface area contributed by atoms with Crippen molar-refractivity contribution in [2.45, 2.75) is 13.0 Å². The lowest BCUT2D eigenvalue weighted by molar-refractivity contribution is 0.0938. The molecular formula is C15H14N6O. The van der Waals surface area contributed by atoms with Gasteiger partial charge in [0.25, 0.3) is 5.91 Å². The number of nitrogens with one attached hydrogen (secondary N) is 2. The first-order valence-electron chi connectivity index (χ1n) is 6.77. The molecule has 0 aliphatic heterocycles. The summed E-state index contributed by atoms with van der Waals surface area (Å²) in [5.41, 5.74) is 1.32. The van der Waals surface area contributed by atoms with Crippen LogP contribution in [-0.4, -0.2) is 31.1 Å². The van der Waals surface area contributed by atoms with Gasteiger partial charge in [-0.05, 0) is 31.2 Å². The zero-order chi connectivity index (χ0) is 15.4. The Kier molecular flexibility index (Phi) is 3.86. The predicted octanol–water partition coefficient (Wildman–Crippen LogP) is 1.75. The first-order chi connectivity index (χ1) is 10.7. The van der Waals surface area contributed by atoms with Crippen LogP contribution in [0.4, 0.5) is 0 Å². The molecule has 3 aromatic heterocycles. The fourth-order valence-electron chi connectivity index (χ4n) is 1.94. The van der Waals surface area contributed by atoms with E-state index in [1.54, 1.807) is 30.7 Å². The maximum absolute atomic E-state index is 12.1. The first kappa shape index (κ1) is 13.9. The second kappa shape index (κ2) is 6.13. The van der Waals surface area contributed by atoms with E-state index in [4.69, 9.17) is 0 Å². The Balaban J connectivity index is 1.72. The average molecular weight is 294 g/mol. The molecule has 0 fully saturated rings. The largest absolute Gasteiger partial charge is 0.342 e. The number of carbonyl (C=O) groups excluding carboxylic acids is 1. The van der Waals surface area contributed by atoms with E-state index in [0.29, 0.717) is 17.2 Å². The van der Waals surface area contributed by atoms with Gasteiger partial charge in [0.2, 0.25) is 0 Å². The lowest BCUT2D eigenvalue weighted by atomic mass is 10.2. The molecule has 1 atom stereocenters. The van der Waals surface area contributed by atoms with Crippen molar-refractivity contribution in [3.8, 4) is 11.4 Å². The fourth-order valence-corrected chi connectivity index (χ4v) is 1.94. The van der Waals surface area contributed by atoms with E-state index in [1.165, 1.54) is 6.20 Å². The highest BCUT2D eigenvalue weighted by Crippen LogP contribution is 2.15. The second-order valence-electron chi connectivity index (χ2n) is 4.72. The smallest absolute Gasteiger partial charge is 0.253 e. The summed E-state index contributed by atoms with van der Waals surface area (Å²) in [6, 6.07) is 6.81. The van der Waals surface area contributed by atoms with Gasteiger partial charge < -0.3 is 5.32 Å². The molecule has 7 nitrogen and oxygen atoms in total. The summed E-state index contributed by atoms with van der Waals surface area (Å²) in [4.78, 5) is 24.4. The summed E-state index contributed by atoms with van der Waals surface area (Å²) < 4.78 is 0. The number of H-pyrrole nitrogens is 1. The highest BCUT2D eigenvalue weighted by atomic mass is 16.1. The number of nitrogens with zero attached hydrogens (tertiary/aromatic N) is 4. The van der Waals surface area contributed by atoms with E-state index in [2.05, 4.69) is 30.5 Å². The van der Waals surface area contributed by atoms with Crippen molar-refractivity contribution in [1.29, 1.82) is 0 Å². The topological polar surface area (TPSA) is 96.5 Å². The molecule has 0 saturated heterocycles. The van der Waals surface area contributed by atoms with E-state index < -0.39 is 0 Å². The lowest BCUT2D eigenvalue weighted by Gasteiger charge is -2.10. The van der Waals surface area contributed by atoms with Crippen LogP contribution < -0.4 is 5.32 Å². The Morgan fingerprint density at radius 1 is 1.18 bits per heavy atom. The van der Waals surface area contributed by atoms with Gasteiger partial charge in [-0.3, -0.25) is 19.9 Å². The molecule has 3 aromatic rings. The van der Waals surface area contributed by atoms with Crippen LogP contribution in [0.5, 0.6) is 0 Å². The van der Waals surface area contributed by atoms with Crippen molar-refractivity contribution >= 4 is 5.91 Å². The highest BCUT2D eigenvalue weighted by Gasteiger charge is 2.15. The van der Waals surface area contributed by atoms with E-state index in [-0.39, 0.29) is 11.9 Å². The maximum Gasteiger partial charge on any atom is 0.253 e. The van der Waals surface area contributed by atoms with Crippen molar-refractivity contribution in [2.75, 3.05) is 0 Å². The Labute approximate surface area is 126 Å². The van der Waals surface area contributed by atoms with E-state index in [0.717, 1.165) is 5.56 Å². The van der Waals surface area contributed by atoms with Gasteiger partial charge in [0.1, 0.15) is 5.82 Å². The number of amides is 1. The summed E-state index contributed by atoms with van der Waals surface area (Å²) >= 11 is 0. The van der Waals surface area contributed by atoms with Crippen molar-refractivity contribution < 1.29 is 4.79 Å². The molecule has 2 N–H and O–H groups in total. The summed E-state index contributed by atoms with van der Waals surface area (Å²) in [6.45, 7) is 1.84. The van der Waals surface area contributed by atoms with Crippen molar-refractivity contribution in [2.24, 2.45) is 0 Å². The van der Waals surface area contributed by atoms with Gasteiger partial charge in [-0.1, -0.05) is 0 Å². The third kappa shape index (κ3) is 2.98. The van der Waals surface area contributed by atoms with Crippen LogP contribution >= 0.6 is 0 Å². The molecule has 3 rings (SSSR count). The minimum Gasteiger partial charge on any atom is -0.342 e. The Bertz CT molecular complexity index is 756. The molecule has 0 spiro atoms. The molecule has 0 radical (unpaired) electrons. The van der Waals surface area contributed by atoms with Crippen LogP contribution in [-0.2, 0) is 0 Å². The molecule has 1 unspecified atom stereocenters. The normalized spacial score (nSPS) is 11.9. The first-order valence-corrected chi connectivity index (χ1v) is 6.77. The summed E-state index contributed by atoms with van der Waals surface area (Å²) in [6.07, 6.45) is 6.51. The molecule has 0 aromatic carbocycles. The van der Waals surface area contributed by atoms with Crippen molar-refractivity contribution in [3.05, 3.63) is 60.4 Å². The Morgan fingerprint density at radius 3 is 2.64 bits per heavy atom. The van der Waals surface area contributed by atoms with Gasteiger partial charge in [-0.15, -0.1) is 0 Å². The number of carbonyl (C=O) groups is 1. The maximum atomic E-state index is 12.1. The van der Waals surface area contributed by atoms with Crippen LogP contribution in [0.3, 0.4) is 0 Å². The van der Waals surface area contributed by atoms with Crippen molar-refractivity contribution in [3.63, 3.8) is 0 Å². The standard InChI is InChI=1S/C15H14N6O/c1-10(18-15(22)12-5-3-7-17-9-12)13-19-14(21-20-13)11-4-2-6-16-8-11/h2-10H,1H3,(H,18,22)(H,19,20,21). The molecule has 110 valence electrons. The second-order valence-corrected chi connectivity index (χ2v) is 4.72. The Morgan fingerprint density at radius 2 is 1.95 bits per heavy atom. The zero-order valence-corrected chi connectivity index (χ0v) is 11.9. The number of pyridine rings is 2.